The van der Waals surface area contributed by atoms with Crippen LogP contribution in [0.5, 0.6) is 0 Å². The van der Waals surface area contributed by atoms with Crippen LogP contribution in [0, 0.1) is 5.92 Å². The highest BCUT2D eigenvalue weighted by Crippen LogP contribution is 2.22. The second kappa shape index (κ2) is 3.96. The predicted molar refractivity (Wildman–Crippen MR) is 56.2 cm³/mol. The fraction of sp³-hybridized carbons (Fsp3) is 0.545. The van der Waals surface area contributed by atoms with E-state index in [4.69, 9.17) is 0 Å². The fourth-order valence-electron chi connectivity index (χ4n) is 2.08. The molecule has 1 aliphatic heterocycles. The molecule has 1 aromatic rings. The lowest BCUT2D eigenvalue weighted by molar-refractivity contribution is 0.132. The minimum absolute atomic E-state index is 0.188. The molecule has 14 heavy (non-hydrogen) atoms. The number of anilines is 1. The number of rotatable bonds is 1. The molecule has 0 amide bonds. The minimum atomic E-state index is -0.188. The van der Waals surface area contributed by atoms with Crippen molar-refractivity contribution in [1.29, 1.82) is 0 Å². The van der Waals surface area contributed by atoms with E-state index in [1.807, 2.05) is 12.1 Å². The van der Waals surface area contributed by atoms with Gasteiger partial charge < -0.3 is 10.0 Å². The van der Waals surface area contributed by atoms with E-state index in [1.165, 1.54) is 0 Å². The number of aromatic nitrogens is 1. The van der Waals surface area contributed by atoms with E-state index in [1.54, 1.807) is 12.4 Å². The maximum Gasteiger partial charge on any atom is 0.0718 e. The number of piperidine rings is 1. The minimum Gasteiger partial charge on any atom is -0.391 e. The van der Waals surface area contributed by atoms with Crippen LogP contribution in [0.25, 0.3) is 0 Å². The lowest BCUT2D eigenvalue weighted by atomic mass is 9.97. The van der Waals surface area contributed by atoms with Crippen LogP contribution < -0.4 is 4.90 Å². The summed E-state index contributed by atoms with van der Waals surface area (Å²) < 4.78 is 0. The molecule has 1 fully saturated rings. The first kappa shape index (κ1) is 9.46. The highest BCUT2D eigenvalue weighted by molar-refractivity contribution is 5.45. The van der Waals surface area contributed by atoms with Gasteiger partial charge in [0.15, 0.2) is 0 Å². The monoisotopic (exact) mass is 192 g/mol. The van der Waals surface area contributed by atoms with Crippen LogP contribution in [0.15, 0.2) is 24.5 Å². The lowest BCUT2D eigenvalue weighted by Crippen LogP contribution is -2.42. The second-order valence-electron chi connectivity index (χ2n) is 4.11. The highest BCUT2D eigenvalue weighted by Gasteiger charge is 2.22. The summed E-state index contributed by atoms with van der Waals surface area (Å²) in [5, 5.41) is 9.65. The first-order valence-corrected chi connectivity index (χ1v) is 5.09. The predicted octanol–water partition coefficient (Wildman–Crippen LogP) is 1.29. The summed E-state index contributed by atoms with van der Waals surface area (Å²) in [4.78, 5) is 6.21. The Labute approximate surface area is 84.4 Å². The maximum absolute atomic E-state index is 9.65. The largest absolute Gasteiger partial charge is 0.391 e. The molecule has 2 unspecified atom stereocenters. The van der Waals surface area contributed by atoms with Gasteiger partial charge in [-0.2, -0.15) is 0 Å². The zero-order chi connectivity index (χ0) is 9.97. The number of hydrogen-bond acceptors (Lipinski definition) is 3. The molecule has 2 rings (SSSR count). The average molecular weight is 192 g/mol. The Morgan fingerprint density at radius 1 is 1.36 bits per heavy atom. The van der Waals surface area contributed by atoms with E-state index in [2.05, 4.69) is 16.8 Å². The van der Waals surface area contributed by atoms with E-state index in [9.17, 15) is 5.11 Å². The third-order valence-electron chi connectivity index (χ3n) is 2.67. The second-order valence-corrected chi connectivity index (χ2v) is 4.11. The third kappa shape index (κ3) is 2.04. The summed E-state index contributed by atoms with van der Waals surface area (Å²) in [5.74, 6) is 0.562. The van der Waals surface area contributed by atoms with Gasteiger partial charge in [0, 0.05) is 31.2 Å². The van der Waals surface area contributed by atoms with Gasteiger partial charge in [-0.3, -0.25) is 4.98 Å². The van der Waals surface area contributed by atoms with E-state index in [0.29, 0.717) is 5.92 Å². The van der Waals surface area contributed by atoms with Gasteiger partial charge in [-0.15, -0.1) is 0 Å². The lowest BCUT2D eigenvalue weighted by Gasteiger charge is -2.35. The molecule has 0 bridgehead atoms. The number of aliphatic hydroxyl groups is 1. The van der Waals surface area contributed by atoms with Crippen molar-refractivity contribution in [3.8, 4) is 0 Å². The van der Waals surface area contributed by atoms with Gasteiger partial charge in [0.1, 0.15) is 0 Å². The average Bonchev–Trinajstić information content (AvgIpc) is 2.18. The van der Waals surface area contributed by atoms with Gasteiger partial charge in [-0.25, -0.2) is 0 Å². The van der Waals surface area contributed by atoms with Crippen molar-refractivity contribution in [1.82, 2.24) is 4.98 Å². The summed E-state index contributed by atoms with van der Waals surface area (Å²) in [7, 11) is 0. The molecule has 1 saturated heterocycles. The molecular weight excluding hydrogens is 176 g/mol. The van der Waals surface area contributed by atoms with Crippen molar-refractivity contribution >= 4 is 5.69 Å². The molecular formula is C11H16N2O. The van der Waals surface area contributed by atoms with Crippen LogP contribution in [0.3, 0.4) is 0 Å². The molecule has 2 atom stereocenters. The Morgan fingerprint density at radius 2 is 2.07 bits per heavy atom. The first-order valence-electron chi connectivity index (χ1n) is 5.09. The first-order chi connectivity index (χ1) is 6.75. The maximum atomic E-state index is 9.65. The summed E-state index contributed by atoms with van der Waals surface area (Å²) in [6, 6.07) is 3.98. The molecule has 0 spiro atoms. The van der Waals surface area contributed by atoms with Gasteiger partial charge in [-0.1, -0.05) is 6.92 Å². The van der Waals surface area contributed by atoms with Crippen LogP contribution in [0.2, 0.25) is 0 Å². The van der Waals surface area contributed by atoms with Gasteiger partial charge in [0.05, 0.1) is 6.10 Å². The van der Waals surface area contributed by atoms with Crippen molar-refractivity contribution in [3.63, 3.8) is 0 Å². The summed E-state index contributed by atoms with van der Waals surface area (Å²) >= 11 is 0. The van der Waals surface area contributed by atoms with Crippen molar-refractivity contribution in [2.75, 3.05) is 18.0 Å². The number of aliphatic hydroxyl groups excluding tert-OH is 1. The molecule has 76 valence electrons. The number of β-amino-alcohol motifs (C(OH)–C–C–N with tert-alkyl or cyclic N) is 1. The van der Waals surface area contributed by atoms with E-state index in [-0.39, 0.29) is 6.10 Å². The standard InChI is InChI=1S/C11H16N2O/c1-9-6-11(14)8-13(7-9)10-2-4-12-5-3-10/h2-5,9,11,14H,6-8H2,1H3. The zero-order valence-corrected chi connectivity index (χ0v) is 8.43. The molecule has 0 aliphatic carbocycles. The smallest absolute Gasteiger partial charge is 0.0718 e. The van der Waals surface area contributed by atoms with E-state index < -0.39 is 0 Å². The molecule has 3 nitrogen and oxygen atoms in total. The summed E-state index contributed by atoms with van der Waals surface area (Å²) in [6.45, 7) is 3.95. The Balaban J connectivity index is 2.11. The molecule has 0 saturated carbocycles. The van der Waals surface area contributed by atoms with Gasteiger partial charge >= 0.3 is 0 Å². The number of hydrogen-bond donors (Lipinski definition) is 1. The molecule has 1 aromatic heterocycles. The fourth-order valence-corrected chi connectivity index (χ4v) is 2.08. The number of pyridine rings is 1. The Bertz CT molecular complexity index is 279. The SMILES string of the molecule is CC1CC(O)CN(c2ccncc2)C1. The summed E-state index contributed by atoms with van der Waals surface area (Å²) in [5.41, 5.74) is 1.16. The van der Waals surface area contributed by atoms with Crippen molar-refractivity contribution < 1.29 is 5.11 Å². The topological polar surface area (TPSA) is 36.4 Å². The Morgan fingerprint density at radius 3 is 2.71 bits per heavy atom. The van der Waals surface area contributed by atoms with Crippen LogP contribution in [0.1, 0.15) is 13.3 Å². The van der Waals surface area contributed by atoms with Crippen LogP contribution in [-0.2, 0) is 0 Å². The molecule has 0 aromatic carbocycles. The van der Waals surface area contributed by atoms with E-state index in [0.717, 1.165) is 25.2 Å². The zero-order valence-electron chi connectivity index (χ0n) is 8.43. The van der Waals surface area contributed by atoms with Crippen LogP contribution in [0.4, 0.5) is 5.69 Å². The Kier molecular flexibility index (Phi) is 2.68. The molecule has 3 heteroatoms. The van der Waals surface area contributed by atoms with E-state index >= 15 is 0 Å². The van der Waals surface area contributed by atoms with Crippen LogP contribution >= 0.6 is 0 Å². The Hall–Kier alpha value is -1.09. The molecule has 0 radical (unpaired) electrons. The van der Waals surface area contributed by atoms with Crippen molar-refractivity contribution in [2.24, 2.45) is 5.92 Å². The highest BCUT2D eigenvalue weighted by atomic mass is 16.3. The molecule has 1 aliphatic rings. The van der Waals surface area contributed by atoms with Gasteiger partial charge in [-0.05, 0) is 24.5 Å². The summed E-state index contributed by atoms with van der Waals surface area (Å²) in [6.07, 6.45) is 4.32. The van der Waals surface area contributed by atoms with Gasteiger partial charge in [0.25, 0.3) is 0 Å². The molecule has 1 N–H and O–H groups in total. The third-order valence-corrected chi connectivity index (χ3v) is 2.67. The quantitative estimate of drug-likeness (QED) is 0.728. The van der Waals surface area contributed by atoms with Crippen molar-refractivity contribution in [3.05, 3.63) is 24.5 Å². The van der Waals surface area contributed by atoms with Gasteiger partial charge in [0.2, 0.25) is 0 Å². The van der Waals surface area contributed by atoms with Crippen LogP contribution in [-0.4, -0.2) is 29.3 Å². The normalized spacial score (nSPS) is 27.7. The molecule has 2 heterocycles. The number of nitrogens with zero attached hydrogens (tertiary/aromatic N) is 2. The van der Waals surface area contributed by atoms with Crippen molar-refractivity contribution in [2.45, 2.75) is 19.4 Å².